The van der Waals surface area contributed by atoms with Crippen LogP contribution >= 0.6 is 23.2 Å². The monoisotopic (exact) mass is 306 g/mol. The Kier molecular flexibility index (Phi) is 17.9. The van der Waals surface area contributed by atoms with Gasteiger partial charge in [-0.3, -0.25) is 0 Å². The van der Waals surface area contributed by atoms with Gasteiger partial charge in [-0.2, -0.15) is 0 Å². The van der Waals surface area contributed by atoms with Crippen molar-refractivity contribution in [2.75, 3.05) is 14.1 Å². The summed E-state index contributed by atoms with van der Waals surface area (Å²) in [5.41, 5.74) is 0. The van der Waals surface area contributed by atoms with Gasteiger partial charge in [-0.1, -0.05) is 33.5 Å². The molecule has 0 spiro atoms. The molecule has 0 heterocycles. The Bertz CT molecular complexity index is 278. The van der Waals surface area contributed by atoms with Crippen molar-refractivity contribution in [3.63, 3.8) is 0 Å². The topological polar surface area (TPSA) is 164 Å². The molecular weight excluding hydrogens is 295 g/mol. The predicted molar refractivity (Wildman–Crippen MR) is 64.3 cm³/mol. The van der Waals surface area contributed by atoms with E-state index in [0.29, 0.717) is 0 Å². The van der Waals surface area contributed by atoms with Crippen molar-refractivity contribution in [1.29, 1.82) is 0 Å². The normalized spacial score (nSPS) is 10.0. The molecule has 0 aromatic rings. The lowest BCUT2D eigenvalue weighted by atomic mass is 10.8. The van der Waals surface area contributed by atoms with Gasteiger partial charge in [0.2, 0.25) is 10.3 Å². The molecule has 0 aromatic carbocycles. The first-order valence-electron chi connectivity index (χ1n) is 3.83. The smallest absolute Gasteiger partial charge is 0.404 e. The van der Waals surface area contributed by atoms with Gasteiger partial charge in [0.05, 0.1) is 0 Å². The minimum atomic E-state index is -0.995. The molecule has 0 aromatic heterocycles. The number of carbonyl (C=O) groups is 2. The highest BCUT2D eigenvalue weighted by Gasteiger charge is 2.00. The van der Waals surface area contributed by atoms with Crippen LogP contribution in [0.1, 0.15) is 0 Å². The fourth-order valence-corrected chi connectivity index (χ4v) is 0.158. The largest absolute Gasteiger partial charge is 0.465 e. The average Bonchev–Trinajstić information content (AvgIpc) is 2.37. The van der Waals surface area contributed by atoms with E-state index in [2.05, 4.69) is 10.3 Å². The predicted octanol–water partition coefficient (Wildman–Crippen LogP) is 0.807. The van der Waals surface area contributed by atoms with Gasteiger partial charge in [0.15, 0.2) is 0 Å². The Hall–Kier alpha value is -1.94. The van der Waals surface area contributed by atoms with Gasteiger partial charge < -0.3 is 31.3 Å². The molecule has 0 aliphatic carbocycles. The van der Waals surface area contributed by atoms with Crippen LogP contribution in [-0.4, -0.2) is 57.3 Å². The van der Waals surface area contributed by atoms with Crippen LogP contribution in [0.25, 0.3) is 0 Å². The number of hydrogen-bond donors (Lipinski definition) is 6. The molecule has 0 atom stereocenters. The van der Waals surface area contributed by atoms with Crippen LogP contribution < -0.4 is 10.6 Å². The summed E-state index contributed by atoms with van der Waals surface area (Å²) in [7, 11) is 2.70. The summed E-state index contributed by atoms with van der Waals surface area (Å²) < 4.78 is 0. The second-order valence-corrected chi connectivity index (χ2v) is 2.61. The van der Waals surface area contributed by atoms with Crippen LogP contribution in [0, 0.1) is 0 Å². The third kappa shape index (κ3) is 23.7. The fourth-order valence-electron chi connectivity index (χ4n) is 0.0825. The van der Waals surface area contributed by atoms with E-state index < -0.39 is 22.5 Å². The zero-order chi connectivity index (χ0) is 15.1. The summed E-state index contributed by atoms with van der Waals surface area (Å²) >= 11 is 9.99. The molecule has 0 rings (SSSR count). The fraction of sp³-hybridized carbons (Fsp3) is 0.333. The highest BCUT2D eigenvalue weighted by Crippen LogP contribution is 1.93. The summed E-state index contributed by atoms with van der Waals surface area (Å²) in [4.78, 5) is 18.5. The van der Waals surface area contributed by atoms with E-state index in [0.717, 1.165) is 0 Å². The molecule has 0 saturated heterocycles. The van der Waals surface area contributed by atoms with Crippen LogP contribution in [0.4, 0.5) is 9.59 Å². The van der Waals surface area contributed by atoms with Crippen LogP contribution in [0.2, 0.25) is 0 Å². The molecule has 0 aliphatic heterocycles. The van der Waals surface area contributed by atoms with Crippen molar-refractivity contribution < 1.29 is 30.2 Å². The molecule has 0 bridgehead atoms. The van der Waals surface area contributed by atoms with E-state index in [4.69, 9.17) is 43.8 Å². The van der Waals surface area contributed by atoms with E-state index in [9.17, 15) is 9.59 Å². The summed E-state index contributed by atoms with van der Waals surface area (Å²) in [5, 5.41) is 38.7. The number of nitrogens with zero attached hydrogens (tertiary/aromatic N) is 2. The summed E-state index contributed by atoms with van der Waals surface area (Å²) in [6, 6.07) is 0. The number of oxime groups is 2. The first-order valence-corrected chi connectivity index (χ1v) is 4.59. The SMILES string of the molecule is CNC(=O)O.CNC(=O)O.ON=C(Cl)C(Cl)=NO. The minimum absolute atomic E-state index is 0.450. The van der Waals surface area contributed by atoms with Gasteiger partial charge in [0, 0.05) is 14.1 Å². The molecule has 106 valence electrons. The van der Waals surface area contributed by atoms with E-state index in [-0.39, 0.29) is 0 Å². The Labute approximate surface area is 111 Å². The Morgan fingerprint density at radius 3 is 1.11 bits per heavy atom. The van der Waals surface area contributed by atoms with Gasteiger partial charge >= 0.3 is 12.2 Å². The lowest BCUT2D eigenvalue weighted by molar-refractivity contribution is 0.196. The van der Waals surface area contributed by atoms with E-state index in [1.165, 1.54) is 14.1 Å². The highest BCUT2D eigenvalue weighted by molar-refractivity contribution is 7.00. The quantitative estimate of drug-likeness (QED) is 0.238. The van der Waals surface area contributed by atoms with E-state index in [1.807, 2.05) is 10.6 Å². The minimum Gasteiger partial charge on any atom is -0.465 e. The summed E-state index contributed by atoms with van der Waals surface area (Å²) in [6.45, 7) is 0. The Balaban J connectivity index is -0.000000197. The van der Waals surface area contributed by atoms with E-state index in [1.54, 1.807) is 0 Å². The molecule has 18 heavy (non-hydrogen) atoms. The lowest BCUT2D eigenvalue weighted by Crippen LogP contribution is -2.13. The number of nitrogens with one attached hydrogen (secondary N) is 2. The van der Waals surface area contributed by atoms with Crippen LogP contribution in [0.5, 0.6) is 0 Å². The number of carboxylic acid groups (broad SMARTS) is 2. The van der Waals surface area contributed by atoms with Crippen molar-refractivity contribution >= 4 is 45.7 Å². The zero-order valence-corrected chi connectivity index (χ0v) is 10.8. The van der Waals surface area contributed by atoms with Crippen molar-refractivity contribution in [1.82, 2.24) is 10.6 Å². The lowest BCUT2D eigenvalue weighted by Gasteiger charge is -1.83. The highest BCUT2D eigenvalue weighted by atomic mass is 35.5. The van der Waals surface area contributed by atoms with Crippen LogP contribution in [-0.2, 0) is 0 Å². The van der Waals surface area contributed by atoms with Crippen molar-refractivity contribution in [2.45, 2.75) is 0 Å². The van der Waals surface area contributed by atoms with E-state index >= 15 is 0 Å². The maximum absolute atomic E-state index is 9.26. The van der Waals surface area contributed by atoms with Crippen molar-refractivity contribution in [3.8, 4) is 0 Å². The molecule has 10 nitrogen and oxygen atoms in total. The molecule has 0 fully saturated rings. The molecule has 6 N–H and O–H groups in total. The molecule has 0 unspecified atom stereocenters. The maximum atomic E-state index is 9.26. The van der Waals surface area contributed by atoms with Gasteiger partial charge in [-0.15, -0.1) is 0 Å². The second-order valence-electron chi connectivity index (χ2n) is 1.89. The molecule has 0 aliphatic rings. The maximum Gasteiger partial charge on any atom is 0.404 e. The first-order chi connectivity index (χ1) is 8.26. The van der Waals surface area contributed by atoms with Crippen molar-refractivity contribution in [3.05, 3.63) is 0 Å². The van der Waals surface area contributed by atoms with Gasteiger partial charge in [-0.05, 0) is 0 Å². The summed E-state index contributed by atoms with van der Waals surface area (Å²) in [6.07, 6.45) is -1.99. The van der Waals surface area contributed by atoms with Gasteiger partial charge in [-0.25, -0.2) is 9.59 Å². The average molecular weight is 307 g/mol. The molecular formula is C6H12Cl2N4O6. The molecule has 12 heteroatoms. The number of hydrogen-bond acceptors (Lipinski definition) is 6. The number of rotatable bonds is 1. The summed E-state index contributed by atoms with van der Waals surface area (Å²) in [5.74, 6) is 0. The third-order valence-corrected chi connectivity index (χ3v) is 1.38. The molecule has 2 amide bonds. The molecule has 0 saturated carbocycles. The third-order valence-electron chi connectivity index (χ3n) is 0.774. The Morgan fingerprint density at radius 1 is 0.889 bits per heavy atom. The first kappa shape index (κ1) is 21.4. The van der Waals surface area contributed by atoms with Crippen molar-refractivity contribution in [2.24, 2.45) is 10.3 Å². The zero-order valence-electron chi connectivity index (χ0n) is 9.26. The van der Waals surface area contributed by atoms with Gasteiger partial charge in [0.1, 0.15) is 0 Å². The molecule has 0 radical (unpaired) electrons. The Morgan fingerprint density at radius 2 is 1.06 bits per heavy atom. The standard InChI is InChI=1S/C2H2Cl2N2O2.2C2H5NO2/c3-1(5-7)2(4)6-8;2*1-3-2(4)5/h7-8H;2*3H,1H3,(H,4,5). The number of amides is 2. The number of halogens is 2. The second kappa shape index (κ2) is 15.1. The van der Waals surface area contributed by atoms with Crippen LogP contribution in [0.3, 0.4) is 0 Å². The van der Waals surface area contributed by atoms with Gasteiger partial charge in [0.25, 0.3) is 0 Å². The van der Waals surface area contributed by atoms with Crippen LogP contribution in [0.15, 0.2) is 10.3 Å².